The molecule has 0 bridgehead atoms. The lowest BCUT2D eigenvalue weighted by Gasteiger charge is -2.29. The van der Waals surface area contributed by atoms with Crippen molar-refractivity contribution in [2.45, 2.75) is 70.4 Å². The van der Waals surface area contributed by atoms with Crippen molar-refractivity contribution in [3.05, 3.63) is 34.9 Å². The van der Waals surface area contributed by atoms with Crippen LogP contribution in [0.4, 0.5) is 0 Å². The van der Waals surface area contributed by atoms with Crippen molar-refractivity contribution in [2.24, 2.45) is 0 Å². The minimum Gasteiger partial charge on any atom is -0.360 e. The van der Waals surface area contributed by atoms with Gasteiger partial charge in [-0.05, 0) is 56.8 Å². The molecule has 1 aromatic rings. The highest BCUT2D eigenvalue weighted by molar-refractivity contribution is 6.05. The normalized spacial score (nSPS) is 25.5. The Kier molecular flexibility index (Phi) is 5.90. The number of hydrogen-bond donors (Lipinski definition) is 3. The van der Waals surface area contributed by atoms with E-state index in [4.69, 9.17) is 4.74 Å². The number of rotatable bonds is 7. The Bertz CT molecular complexity index is 854. The highest BCUT2D eigenvalue weighted by Gasteiger charge is 2.39. The molecule has 3 aliphatic rings. The Morgan fingerprint density at radius 2 is 2.10 bits per heavy atom. The molecule has 2 atom stereocenters. The third kappa shape index (κ3) is 4.40. The summed E-state index contributed by atoms with van der Waals surface area (Å²) in [5.74, 6) is -0.774. The van der Waals surface area contributed by atoms with Gasteiger partial charge in [0.05, 0.1) is 6.61 Å². The van der Waals surface area contributed by atoms with Crippen LogP contribution in [0.1, 0.15) is 61.0 Å². The predicted octanol–water partition coefficient (Wildman–Crippen LogP) is 1.04. The minimum absolute atomic E-state index is 0.128. The summed E-state index contributed by atoms with van der Waals surface area (Å²) >= 11 is 0. The summed E-state index contributed by atoms with van der Waals surface area (Å²) < 4.78 is 5.70. The maximum absolute atomic E-state index is 12.9. The fraction of sp³-hybridized carbons (Fsp3) is 0.591. The molecule has 2 fully saturated rings. The number of carbonyl (C=O) groups is 3. The zero-order valence-corrected chi connectivity index (χ0v) is 17.6. The van der Waals surface area contributed by atoms with Crippen molar-refractivity contribution in [2.75, 3.05) is 13.2 Å². The number of benzene rings is 1. The largest absolute Gasteiger partial charge is 0.360 e. The van der Waals surface area contributed by atoms with E-state index in [2.05, 4.69) is 16.0 Å². The Morgan fingerprint density at radius 1 is 1.27 bits per heavy atom. The quantitative estimate of drug-likeness (QED) is 0.455. The van der Waals surface area contributed by atoms with Crippen LogP contribution in [0.2, 0.25) is 0 Å². The minimum atomic E-state index is -0.575. The molecule has 2 saturated heterocycles. The number of piperidine rings is 1. The second-order valence-electron chi connectivity index (χ2n) is 8.82. The molecule has 162 valence electrons. The Balaban J connectivity index is 1.31. The van der Waals surface area contributed by atoms with E-state index in [1.54, 1.807) is 4.90 Å². The molecule has 0 spiro atoms. The summed E-state index contributed by atoms with van der Waals surface area (Å²) in [5.41, 5.74) is 2.49. The van der Waals surface area contributed by atoms with Gasteiger partial charge in [-0.15, -0.1) is 0 Å². The van der Waals surface area contributed by atoms with E-state index < -0.39 is 6.04 Å². The van der Waals surface area contributed by atoms with Crippen molar-refractivity contribution in [3.63, 3.8) is 0 Å². The molecule has 0 saturated carbocycles. The molecule has 0 radical (unpaired) electrons. The van der Waals surface area contributed by atoms with Gasteiger partial charge in [0, 0.05) is 31.1 Å². The van der Waals surface area contributed by atoms with E-state index >= 15 is 0 Å². The number of ether oxygens (including phenoxy) is 1. The average Bonchev–Trinajstić information content (AvgIpc) is 3.21. The summed E-state index contributed by atoms with van der Waals surface area (Å²) in [6.45, 7) is 6.81. The van der Waals surface area contributed by atoms with E-state index in [1.807, 2.05) is 32.0 Å². The fourth-order valence-corrected chi connectivity index (χ4v) is 4.55. The van der Waals surface area contributed by atoms with Gasteiger partial charge in [0.2, 0.25) is 11.8 Å². The van der Waals surface area contributed by atoms with Gasteiger partial charge >= 0.3 is 0 Å². The third-order valence-corrected chi connectivity index (χ3v) is 6.10. The van der Waals surface area contributed by atoms with E-state index in [0.717, 1.165) is 37.1 Å². The monoisotopic (exact) mass is 414 g/mol. The molecule has 1 unspecified atom stereocenters. The number of nitrogens with zero attached hydrogens (tertiary/aromatic N) is 1. The Hall–Kier alpha value is -2.29. The van der Waals surface area contributed by atoms with Gasteiger partial charge in [0.15, 0.2) is 0 Å². The van der Waals surface area contributed by atoms with Gasteiger partial charge < -0.3 is 15.0 Å². The molecular weight excluding hydrogens is 384 g/mol. The second-order valence-corrected chi connectivity index (χ2v) is 8.82. The lowest BCUT2D eigenvalue weighted by Crippen LogP contribution is -2.52. The molecule has 0 aliphatic carbocycles. The van der Waals surface area contributed by atoms with Crippen molar-refractivity contribution in [1.82, 2.24) is 20.9 Å². The van der Waals surface area contributed by atoms with Gasteiger partial charge in [-0.1, -0.05) is 12.1 Å². The molecule has 3 N–H and O–H groups in total. The van der Waals surface area contributed by atoms with Crippen LogP contribution in [-0.4, -0.2) is 53.6 Å². The zero-order chi connectivity index (χ0) is 21.3. The van der Waals surface area contributed by atoms with Crippen molar-refractivity contribution >= 4 is 17.7 Å². The van der Waals surface area contributed by atoms with Crippen LogP contribution in [0.15, 0.2) is 18.2 Å². The molecule has 8 heteroatoms. The number of nitrogens with one attached hydrogen (secondary N) is 3. The molecule has 3 amide bonds. The van der Waals surface area contributed by atoms with E-state index in [9.17, 15) is 14.4 Å². The summed E-state index contributed by atoms with van der Waals surface area (Å²) in [6.07, 6.45) is 2.73. The van der Waals surface area contributed by atoms with Crippen LogP contribution in [0.3, 0.4) is 0 Å². The van der Waals surface area contributed by atoms with Crippen LogP contribution >= 0.6 is 0 Å². The Labute approximate surface area is 176 Å². The van der Waals surface area contributed by atoms with Gasteiger partial charge in [-0.2, -0.15) is 0 Å². The lowest BCUT2D eigenvalue weighted by atomic mass is 10.0. The standard InChI is InChI=1S/C22H30N4O4/c1-22(2)25-15(13-30-22)6-4-10-23-11-14-5-3-7-16-17(14)12-26(21(16)29)18-8-9-19(27)24-20(18)28/h3,5,7,15,18,23,25H,4,6,8-13H2,1-2H3,(H,24,27,28)/t15-,18?/m1/s1. The smallest absolute Gasteiger partial charge is 0.255 e. The van der Waals surface area contributed by atoms with E-state index in [-0.39, 0.29) is 29.9 Å². The molecule has 30 heavy (non-hydrogen) atoms. The topological polar surface area (TPSA) is 99.8 Å². The molecular formula is C22H30N4O4. The molecule has 0 aromatic heterocycles. The highest BCUT2D eigenvalue weighted by atomic mass is 16.5. The maximum atomic E-state index is 12.9. The van der Waals surface area contributed by atoms with Crippen LogP contribution in [0, 0.1) is 0 Å². The highest BCUT2D eigenvalue weighted by Crippen LogP contribution is 2.29. The van der Waals surface area contributed by atoms with Gasteiger partial charge in [0.1, 0.15) is 11.8 Å². The number of fused-ring (bicyclic) bond motifs is 1. The first kappa shape index (κ1) is 21.0. The van der Waals surface area contributed by atoms with Crippen molar-refractivity contribution in [3.8, 4) is 0 Å². The van der Waals surface area contributed by atoms with E-state index in [1.165, 1.54) is 0 Å². The maximum Gasteiger partial charge on any atom is 0.255 e. The fourth-order valence-electron chi connectivity index (χ4n) is 4.55. The van der Waals surface area contributed by atoms with Crippen molar-refractivity contribution in [1.29, 1.82) is 0 Å². The van der Waals surface area contributed by atoms with Crippen molar-refractivity contribution < 1.29 is 19.1 Å². The molecule has 4 rings (SSSR count). The molecule has 3 heterocycles. The number of imide groups is 1. The summed E-state index contributed by atoms with van der Waals surface area (Å²) in [7, 11) is 0. The van der Waals surface area contributed by atoms with Gasteiger partial charge in [0.25, 0.3) is 5.91 Å². The third-order valence-electron chi connectivity index (χ3n) is 6.10. The summed E-state index contributed by atoms with van der Waals surface area (Å²) in [6, 6.07) is 5.56. The molecule has 8 nitrogen and oxygen atoms in total. The predicted molar refractivity (Wildman–Crippen MR) is 110 cm³/mol. The molecule has 1 aromatic carbocycles. The first-order valence-corrected chi connectivity index (χ1v) is 10.7. The summed E-state index contributed by atoms with van der Waals surface area (Å²) in [4.78, 5) is 38.1. The summed E-state index contributed by atoms with van der Waals surface area (Å²) in [5, 5.41) is 9.30. The van der Waals surface area contributed by atoms with E-state index in [0.29, 0.717) is 31.1 Å². The lowest BCUT2D eigenvalue weighted by molar-refractivity contribution is -0.136. The zero-order valence-electron chi connectivity index (χ0n) is 17.6. The van der Waals surface area contributed by atoms with Crippen LogP contribution in [0.5, 0.6) is 0 Å². The van der Waals surface area contributed by atoms with Gasteiger partial charge in [-0.3, -0.25) is 25.0 Å². The number of hydrogen-bond acceptors (Lipinski definition) is 6. The molecule has 3 aliphatic heterocycles. The number of amides is 3. The van der Waals surface area contributed by atoms with Gasteiger partial charge in [-0.25, -0.2) is 0 Å². The second kappa shape index (κ2) is 8.45. The Morgan fingerprint density at radius 3 is 2.83 bits per heavy atom. The average molecular weight is 415 g/mol. The first-order valence-electron chi connectivity index (χ1n) is 10.7. The number of carbonyl (C=O) groups excluding carboxylic acids is 3. The van der Waals surface area contributed by atoms with Crippen LogP contribution in [0.25, 0.3) is 0 Å². The SMILES string of the molecule is CC1(C)N[C@H](CCCNCc2cccc3c2CN(C2CCC(=O)NC2=O)C3=O)CO1. The first-order chi connectivity index (χ1) is 14.3. The van der Waals surface area contributed by atoms with Crippen LogP contribution < -0.4 is 16.0 Å². The van der Waals surface area contributed by atoms with Crippen LogP contribution in [-0.2, 0) is 27.4 Å².